The summed E-state index contributed by atoms with van der Waals surface area (Å²) in [7, 11) is 0. The molecule has 2 rings (SSSR count). The van der Waals surface area contributed by atoms with Crippen LogP contribution in [0.15, 0.2) is 40.9 Å². The number of rotatable bonds is 4. The molecular weight excluding hydrogens is 452 g/mol. The molecule has 0 amide bonds. The third-order valence-electron chi connectivity index (χ3n) is 3.03. The van der Waals surface area contributed by atoms with E-state index in [1.165, 1.54) is 0 Å². The van der Waals surface area contributed by atoms with E-state index < -0.39 is 0 Å². The van der Waals surface area contributed by atoms with Crippen LogP contribution in [0.1, 0.15) is 24.9 Å². The lowest BCUT2D eigenvalue weighted by molar-refractivity contribution is 0.462. The SMILES string of the molecule is CCC(Nc1ccc(Cl)cc1I)c1cc(Br)ccc1O. The van der Waals surface area contributed by atoms with Crippen molar-refractivity contribution in [3.05, 3.63) is 55.0 Å². The van der Waals surface area contributed by atoms with Crippen LogP contribution in [-0.4, -0.2) is 5.11 Å². The van der Waals surface area contributed by atoms with Crippen LogP contribution in [0.2, 0.25) is 5.02 Å². The van der Waals surface area contributed by atoms with Gasteiger partial charge in [-0.2, -0.15) is 0 Å². The quantitative estimate of drug-likeness (QED) is 0.544. The molecule has 2 N–H and O–H groups in total. The van der Waals surface area contributed by atoms with Crippen LogP contribution in [0, 0.1) is 3.57 Å². The van der Waals surface area contributed by atoms with Gasteiger partial charge in [-0.25, -0.2) is 0 Å². The van der Waals surface area contributed by atoms with E-state index in [1.807, 2.05) is 30.3 Å². The van der Waals surface area contributed by atoms with Gasteiger partial charge in [0, 0.05) is 24.3 Å². The van der Waals surface area contributed by atoms with Gasteiger partial charge in [0.05, 0.1) is 6.04 Å². The van der Waals surface area contributed by atoms with Crippen LogP contribution < -0.4 is 5.32 Å². The normalized spacial score (nSPS) is 12.2. The minimum absolute atomic E-state index is 0.0437. The summed E-state index contributed by atoms with van der Waals surface area (Å²) in [6, 6.07) is 11.3. The lowest BCUT2D eigenvalue weighted by Crippen LogP contribution is -2.11. The van der Waals surface area contributed by atoms with Crippen LogP contribution in [-0.2, 0) is 0 Å². The first kappa shape index (κ1) is 15.9. The molecule has 0 spiro atoms. The van der Waals surface area contributed by atoms with Crippen LogP contribution in [0.25, 0.3) is 0 Å². The molecule has 20 heavy (non-hydrogen) atoms. The predicted molar refractivity (Wildman–Crippen MR) is 96.6 cm³/mol. The highest BCUT2D eigenvalue weighted by Gasteiger charge is 2.15. The molecule has 0 fully saturated rings. The van der Waals surface area contributed by atoms with Crippen molar-refractivity contribution in [2.45, 2.75) is 19.4 Å². The molecule has 106 valence electrons. The van der Waals surface area contributed by atoms with Crippen molar-refractivity contribution >= 4 is 55.8 Å². The van der Waals surface area contributed by atoms with Crippen LogP contribution in [0.3, 0.4) is 0 Å². The Kier molecular flexibility index (Phi) is 5.57. The van der Waals surface area contributed by atoms with Gasteiger partial charge in [0.15, 0.2) is 0 Å². The number of halogens is 3. The van der Waals surface area contributed by atoms with Crippen molar-refractivity contribution in [2.24, 2.45) is 0 Å². The Morgan fingerprint density at radius 2 is 2.05 bits per heavy atom. The van der Waals surface area contributed by atoms with Gasteiger partial charge in [-0.3, -0.25) is 0 Å². The first-order chi connectivity index (χ1) is 9.51. The molecule has 1 unspecified atom stereocenters. The molecule has 2 nitrogen and oxygen atoms in total. The monoisotopic (exact) mass is 465 g/mol. The largest absolute Gasteiger partial charge is 0.508 e. The topological polar surface area (TPSA) is 32.3 Å². The molecule has 2 aromatic rings. The molecule has 0 aliphatic rings. The fourth-order valence-electron chi connectivity index (χ4n) is 2.00. The molecule has 0 saturated heterocycles. The van der Waals surface area contributed by atoms with E-state index in [-0.39, 0.29) is 6.04 Å². The average molecular weight is 467 g/mol. The summed E-state index contributed by atoms with van der Waals surface area (Å²) in [5, 5.41) is 14.2. The van der Waals surface area contributed by atoms with E-state index in [9.17, 15) is 5.11 Å². The fourth-order valence-corrected chi connectivity index (χ4v) is 3.40. The zero-order chi connectivity index (χ0) is 14.7. The maximum absolute atomic E-state index is 10.0. The van der Waals surface area contributed by atoms with Gasteiger partial charge in [-0.1, -0.05) is 34.5 Å². The van der Waals surface area contributed by atoms with Crippen molar-refractivity contribution in [1.29, 1.82) is 0 Å². The number of aromatic hydroxyl groups is 1. The third-order valence-corrected chi connectivity index (χ3v) is 4.65. The van der Waals surface area contributed by atoms with Gasteiger partial charge in [0.2, 0.25) is 0 Å². The highest BCUT2D eigenvalue weighted by atomic mass is 127. The van der Waals surface area contributed by atoms with Gasteiger partial charge >= 0.3 is 0 Å². The second kappa shape index (κ2) is 7.00. The first-order valence-corrected chi connectivity index (χ1v) is 8.46. The average Bonchev–Trinajstić information content (AvgIpc) is 2.41. The molecule has 0 aliphatic heterocycles. The van der Waals surface area contributed by atoms with E-state index >= 15 is 0 Å². The molecule has 0 radical (unpaired) electrons. The maximum Gasteiger partial charge on any atom is 0.120 e. The Labute approximate surface area is 145 Å². The van der Waals surface area contributed by atoms with E-state index in [1.54, 1.807) is 6.07 Å². The molecular formula is C15H14BrClINO. The fraction of sp³-hybridized carbons (Fsp3) is 0.200. The zero-order valence-electron chi connectivity index (χ0n) is 10.8. The molecule has 0 saturated carbocycles. The van der Waals surface area contributed by atoms with Crippen molar-refractivity contribution in [3.8, 4) is 5.75 Å². The summed E-state index contributed by atoms with van der Waals surface area (Å²) >= 11 is 11.7. The summed E-state index contributed by atoms with van der Waals surface area (Å²) in [6.45, 7) is 2.08. The second-order valence-corrected chi connectivity index (χ2v) is 6.95. The van der Waals surface area contributed by atoms with Crippen LogP contribution >= 0.6 is 50.1 Å². The lowest BCUT2D eigenvalue weighted by Gasteiger charge is -2.21. The molecule has 0 heterocycles. The van der Waals surface area contributed by atoms with Crippen molar-refractivity contribution in [3.63, 3.8) is 0 Å². The summed E-state index contributed by atoms with van der Waals surface area (Å²) in [5.41, 5.74) is 1.90. The molecule has 1 atom stereocenters. The summed E-state index contributed by atoms with van der Waals surface area (Å²) in [4.78, 5) is 0. The number of hydrogen-bond donors (Lipinski definition) is 2. The molecule has 5 heteroatoms. The van der Waals surface area contributed by atoms with Gasteiger partial charge in [-0.15, -0.1) is 0 Å². The Balaban J connectivity index is 2.31. The Bertz CT molecular complexity index is 621. The Morgan fingerprint density at radius 3 is 2.70 bits per heavy atom. The van der Waals surface area contributed by atoms with Gasteiger partial charge in [0.25, 0.3) is 0 Å². The van der Waals surface area contributed by atoms with E-state index in [0.717, 1.165) is 30.7 Å². The van der Waals surface area contributed by atoms with Crippen LogP contribution in [0.4, 0.5) is 5.69 Å². The third kappa shape index (κ3) is 3.80. The molecule has 0 aromatic heterocycles. The minimum atomic E-state index is 0.0437. The van der Waals surface area contributed by atoms with Gasteiger partial charge < -0.3 is 10.4 Å². The zero-order valence-corrected chi connectivity index (χ0v) is 15.3. The highest BCUT2D eigenvalue weighted by Crippen LogP contribution is 2.33. The number of phenolic OH excluding ortho intramolecular Hbond substituents is 1. The Morgan fingerprint density at radius 1 is 1.30 bits per heavy atom. The Hall–Kier alpha value is -0.460. The number of hydrogen-bond acceptors (Lipinski definition) is 2. The van der Waals surface area contributed by atoms with E-state index in [2.05, 4.69) is 50.8 Å². The molecule has 0 bridgehead atoms. The molecule has 0 aliphatic carbocycles. The standard InChI is InChI=1S/C15H14BrClINO/c1-2-13(11-7-9(16)3-6-15(11)20)19-14-5-4-10(17)8-12(14)18/h3-8,13,19-20H,2H2,1H3. The van der Waals surface area contributed by atoms with Crippen molar-refractivity contribution < 1.29 is 5.11 Å². The highest BCUT2D eigenvalue weighted by molar-refractivity contribution is 14.1. The smallest absolute Gasteiger partial charge is 0.120 e. The predicted octanol–water partition coefficient (Wildman–Crippen LogP) is 5.98. The van der Waals surface area contributed by atoms with Crippen molar-refractivity contribution in [2.75, 3.05) is 5.32 Å². The first-order valence-electron chi connectivity index (χ1n) is 6.21. The number of benzene rings is 2. The maximum atomic E-state index is 10.0. The lowest BCUT2D eigenvalue weighted by atomic mass is 10.0. The summed E-state index contributed by atoms with van der Waals surface area (Å²) in [5.74, 6) is 0.302. The summed E-state index contributed by atoms with van der Waals surface area (Å²) in [6.07, 6.45) is 0.864. The number of phenols is 1. The number of nitrogens with one attached hydrogen (secondary N) is 1. The minimum Gasteiger partial charge on any atom is -0.508 e. The number of anilines is 1. The second-order valence-electron chi connectivity index (χ2n) is 4.43. The van der Waals surface area contributed by atoms with Crippen LogP contribution in [0.5, 0.6) is 5.75 Å². The van der Waals surface area contributed by atoms with E-state index in [4.69, 9.17) is 11.6 Å². The summed E-state index contributed by atoms with van der Waals surface area (Å²) < 4.78 is 2.01. The van der Waals surface area contributed by atoms with Gasteiger partial charge in [-0.05, 0) is 65.4 Å². The van der Waals surface area contributed by atoms with Gasteiger partial charge in [0.1, 0.15) is 5.75 Å². The van der Waals surface area contributed by atoms with Crippen molar-refractivity contribution in [1.82, 2.24) is 0 Å². The van der Waals surface area contributed by atoms with E-state index in [0.29, 0.717) is 5.75 Å². The molecule has 2 aromatic carbocycles.